The first-order valence-electron chi connectivity index (χ1n) is 7.06. The van der Waals surface area contributed by atoms with E-state index in [9.17, 15) is 4.79 Å². The maximum atomic E-state index is 12.6. The number of fused-ring (bicyclic) bond motifs is 1. The van der Waals surface area contributed by atoms with Gasteiger partial charge in [-0.15, -0.1) is 11.3 Å². The van der Waals surface area contributed by atoms with Crippen LogP contribution in [0.4, 0.5) is 5.69 Å². The Balaban J connectivity index is 2.44. The number of aliphatic hydroxyl groups is 1. The zero-order valence-corrected chi connectivity index (χ0v) is 13.5. The topological polar surface area (TPSA) is 79.5 Å². The highest BCUT2D eigenvalue weighted by molar-refractivity contribution is 7.21. The molecule has 114 valence electrons. The minimum atomic E-state index is -0.0679. The molecule has 5 nitrogen and oxygen atoms in total. The van der Waals surface area contributed by atoms with Crippen molar-refractivity contribution in [2.75, 3.05) is 25.4 Å². The van der Waals surface area contributed by atoms with E-state index in [1.807, 2.05) is 26.8 Å². The van der Waals surface area contributed by atoms with E-state index < -0.39 is 0 Å². The Morgan fingerprint density at radius 3 is 2.81 bits per heavy atom. The van der Waals surface area contributed by atoms with Crippen molar-refractivity contribution in [3.8, 4) is 0 Å². The summed E-state index contributed by atoms with van der Waals surface area (Å²) in [6.07, 6.45) is 0.573. The van der Waals surface area contributed by atoms with Gasteiger partial charge >= 0.3 is 0 Å². The predicted octanol–water partition coefficient (Wildman–Crippen LogP) is 2.34. The number of nitrogen functional groups attached to an aromatic ring is 1. The van der Waals surface area contributed by atoms with Crippen molar-refractivity contribution < 1.29 is 9.90 Å². The van der Waals surface area contributed by atoms with E-state index in [-0.39, 0.29) is 12.5 Å². The van der Waals surface area contributed by atoms with Gasteiger partial charge in [-0.3, -0.25) is 9.78 Å². The summed E-state index contributed by atoms with van der Waals surface area (Å²) in [4.78, 5) is 19.3. The molecule has 0 aliphatic carbocycles. The normalized spacial score (nSPS) is 11.0. The number of amides is 1. The summed E-state index contributed by atoms with van der Waals surface area (Å²) in [5.41, 5.74) is 8.49. The van der Waals surface area contributed by atoms with Gasteiger partial charge in [0.1, 0.15) is 4.88 Å². The molecule has 2 aromatic rings. The third-order valence-electron chi connectivity index (χ3n) is 3.47. The molecule has 0 aromatic carbocycles. The molecule has 0 atom stereocenters. The molecule has 0 aliphatic heterocycles. The molecule has 2 heterocycles. The molecule has 1 amide bonds. The number of carbonyl (C=O) groups excluding carboxylic acids is 1. The molecule has 2 aromatic heterocycles. The van der Waals surface area contributed by atoms with Gasteiger partial charge in [-0.25, -0.2) is 0 Å². The number of rotatable bonds is 5. The van der Waals surface area contributed by atoms with E-state index in [4.69, 9.17) is 10.8 Å². The van der Waals surface area contributed by atoms with Gasteiger partial charge in [0.15, 0.2) is 0 Å². The molecule has 6 heteroatoms. The minimum Gasteiger partial charge on any atom is -0.397 e. The lowest BCUT2D eigenvalue weighted by Crippen LogP contribution is -2.32. The summed E-state index contributed by atoms with van der Waals surface area (Å²) in [5.74, 6) is -0.0679. The van der Waals surface area contributed by atoms with Crippen LogP contribution < -0.4 is 5.73 Å². The number of anilines is 1. The third-order valence-corrected chi connectivity index (χ3v) is 4.61. The second-order valence-electron chi connectivity index (χ2n) is 5.03. The molecule has 0 fully saturated rings. The van der Waals surface area contributed by atoms with Gasteiger partial charge in [-0.05, 0) is 33.3 Å². The Morgan fingerprint density at radius 1 is 1.48 bits per heavy atom. The number of hydrogen-bond donors (Lipinski definition) is 2. The smallest absolute Gasteiger partial charge is 0.266 e. The number of hydrogen-bond acceptors (Lipinski definition) is 5. The first-order chi connectivity index (χ1) is 9.99. The average Bonchev–Trinajstić information content (AvgIpc) is 2.76. The Kier molecular flexibility index (Phi) is 4.80. The highest BCUT2D eigenvalue weighted by atomic mass is 32.1. The van der Waals surface area contributed by atoms with Gasteiger partial charge in [0.25, 0.3) is 5.91 Å². The van der Waals surface area contributed by atoms with Gasteiger partial charge in [0.2, 0.25) is 0 Å². The summed E-state index contributed by atoms with van der Waals surface area (Å²) in [6.45, 7) is 6.99. The number of aromatic nitrogens is 1. The number of thiophene rings is 1. The van der Waals surface area contributed by atoms with E-state index in [0.29, 0.717) is 30.1 Å². The van der Waals surface area contributed by atoms with Crippen LogP contribution in [0.3, 0.4) is 0 Å². The van der Waals surface area contributed by atoms with Gasteiger partial charge in [-0.1, -0.05) is 0 Å². The van der Waals surface area contributed by atoms with Crippen LogP contribution in [-0.2, 0) is 0 Å². The van der Waals surface area contributed by atoms with Crippen molar-refractivity contribution in [2.45, 2.75) is 27.2 Å². The Bertz CT molecular complexity index is 666. The highest BCUT2D eigenvalue weighted by Gasteiger charge is 2.22. The van der Waals surface area contributed by atoms with E-state index in [1.54, 1.807) is 4.90 Å². The van der Waals surface area contributed by atoms with Crippen LogP contribution in [-0.4, -0.2) is 40.6 Å². The van der Waals surface area contributed by atoms with Crippen LogP contribution in [0.5, 0.6) is 0 Å². The molecule has 0 unspecified atom stereocenters. The maximum absolute atomic E-state index is 12.6. The lowest BCUT2D eigenvalue weighted by Gasteiger charge is -2.19. The van der Waals surface area contributed by atoms with Crippen LogP contribution in [0.15, 0.2) is 6.07 Å². The van der Waals surface area contributed by atoms with Crippen LogP contribution >= 0.6 is 11.3 Å². The summed E-state index contributed by atoms with van der Waals surface area (Å²) in [7, 11) is 0. The van der Waals surface area contributed by atoms with Crippen molar-refractivity contribution in [2.24, 2.45) is 0 Å². The van der Waals surface area contributed by atoms with Crippen molar-refractivity contribution in [3.63, 3.8) is 0 Å². The van der Waals surface area contributed by atoms with Crippen LogP contribution in [0, 0.1) is 13.8 Å². The Hall–Kier alpha value is -1.66. The van der Waals surface area contributed by atoms with Crippen LogP contribution in [0.2, 0.25) is 0 Å². The predicted molar refractivity (Wildman–Crippen MR) is 86.8 cm³/mol. The summed E-state index contributed by atoms with van der Waals surface area (Å²) in [6, 6.07) is 1.96. The summed E-state index contributed by atoms with van der Waals surface area (Å²) in [5, 5.41) is 9.81. The molecule has 2 rings (SSSR count). The molecule has 3 N–H and O–H groups in total. The molecule has 0 saturated carbocycles. The number of aliphatic hydroxyl groups excluding tert-OH is 1. The first-order valence-corrected chi connectivity index (χ1v) is 7.87. The van der Waals surface area contributed by atoms with Gasteiger partial charge in [0.05, 0.1) is 5.69 Å². The van der Waals surface area contributed by atoms with E-state index >= 15 is 0 Å². The fourth-order valence-electron chi connectivity index (χ4n) is 2.45. The number of aryl methyl sites for hydroxylation is 2. The molecule has 21 heavy (non-hydrogen) atoms. The number of pyridine rings is 1. The van der Waals surface area contributed by atoms with E-state index in [2.05, 4.69) is 4.98 Å². The number of carbonyl (C=O) groups is 1. The molecular formula is C15H21N3O2S. The summed E-state index contributed by atoms with van der Waals surface area (Å²) < 4.78 is 0.999. The fourth-order valence-corrected chi connectivity index (χ4v) is 3.68. The van der Waals surface area contributed by atoms with Gasteiger partial charge < -0.3 is 15.7 Å². The molecule has 0 aliphatic rings. The lowest BCUT2D eigenvalue weighted by atomic mass is 10.2. The minimum absolute atomic E-state index is 0.0679. The van der Waals surface area contributed by atoms with E-state index in [1.165, 1.54) is 11.3 Å². The largest absolute Gasteiger partial charge is 0.397 e. The zero-order valence-electron chi connectivity index (χ0n) is 12.6. The Morgan fingerprint density at radius 2 is 2.19 bits per heavy atom. The second kappa shape index (κ2) is 6.41. The zero-order chi connectivity index (χ0) is 15.6. The van der Waals surface area contributed by atoms with Gasteiger partial charge in [-0.2, -0.15) is 0 Å². The van der Waals surface area contributed by atoms with Crippen LogP contribution in [0.25, 0.3) is 10.1 Å². The van der Waals surface area contributed by atoms with Crippen molar-refractivity contribution in [3.05, 3.63) is 22.3 Å². The molecule has 0 spiro atoms. The molecule has 0 bridgehead atoms. The third kappa shape index (κ3) is 3.01. The molecule has 0 radical (unpaired) electrons. The number of nitrogens with zero attached hydrogens (tertiary/aromatic N) is 2. The highest BCUT2D eigenvalue weighted by Crippen LogP contribution is 2.36. The average molecular weight is 307 g/mol. The van der Waals surface area contributed by atoms with Crippen LogP contribution in [0.1, 0.15) is 34.4 Å². The lowest BCUT2D eigenvalue weighted by molar-refractivity contribution is 0.0760. The van der Waals surface area contributed by atoms with Crippen molar-refractivity contribution >= 4 is 33.0 Å². The first kappa shape index (κ1) is 15.7. The SMILES string of the molecule is CCN(CCCO)C(=O)c1sc2cc(C)nc(C)c2c1N. The molecular weight excluding hydrogens is 286 g/mol. The van der Waals surface area contributed by atoms with Crippen molar-refractivity contribution in [1.29, 1.82) is 0 Å². The van der Waals surface area contributed by atoms with E-state index in [0.717, 1.165) is 21.5 Å². The maximum Gasteiger partial charge on any atom is 0.266 e. The Labute approximate surface area is 128 Å². The number of nitrogens with two attached hydrogens (primary N) is 1. The molecule has 0 saturated heterocycles. The second-order valence-corrected chi connectivity index (χ2v) is 6.08. The standard InChI is InChI=1S/C15H21N3O2S/c1-4-18(6-5-7-19)15(20)14-13(16)12-10(3)17-9(2)8-11(12)21-14/h8,19H,4-7,16H2,1-3H3. The monoisotopic (exact) mass is 307 g/mol. The summed E-state index contributed by atoms with van der Waals surface area (Å²) >= 11 is 1.42. The van der Waals surface area contributed by atoms with Crippen molar-refractivity contribution in [1.82, 2.24) is 9.88 Å². The quantitative estimate of drug-likeness (QED) is 0.888. The van der Waals surface area contributed by atoms with Gasteiger partial charge in [0, 0.05) is 41.2 Å². The fraction of sp³-hybridized carbons (Fsp3) is 0.467.